The number of aryl methyl sites for hydroxylation is 1. The van der Waals surface area contributed by atoms with E-state index >= 15 is 0 Å². The maximum atomic E-state index is 12.9. The van der Waals surface area contributed by atoms with Gasteiger partial charge in [0.25, 0.3) is 5.91 Å². The first kappa shape index (κ1) is 23.2. The molecule has 0 atom stereocenters. The summed E-state index contributed by atoms with van der Waals surface area (Å²) in [4.78, 5) is 17.1. The largest absolute Gasteiger partial charge is 0.433 e. The maximum Gasteiger partial charge on any atom is 0.433 e. The lowest BCUT2D eigenvalue weighted by molar-refractivity contribution is -0.143. The van der Waals surface area contributed by atoms with Crippen LogP contribution in [0.1, 0.15) is 35.6 Å². The van der Waals surface area contributed by atoms with Crippen LogP contribution < -0.4 is 5.32 Å². The molecule has 9 heteroatoms. The number of terminal acetylenes is 1. The Morgan fingerprint density at radius 2 is 2.07 bits per heavy atom. The van der Waals surface area contributed by atoms with Gasteiger partial charge in [-0.05, 0) is 38.5 Å². The van der Waals surface area contributed by atoms with Crippen LogP contribution in [0.2, 0.25) is 0 Å². The second kappa shape index (κ2) is 10.5. The third-order valence-corrected chi connectivity index (χ3v) is 4.61. The number of nitrogens with one attached hydrogen (secondary N) is 1. The first-order chi connectivity index (χ1) is 13.2. The summed E-state index contributed by atoms with van der Waals surface area (Å²) in [5.41, 5.74) is 0.396. The molecule has 0 saturated heterocycles. The predicted molar refractivity (Wildman–Crippen MR) is 106 cm³/mol. The van der Waals surface area contributed by atoms with Crippen molar-refractivity contribution in [1.29, 1.82) is 0 Å². The number of thiophene rings is 1. The molecular formula is C19H21F3N4OS. The second-order valence-corrected chi connectivity index (χ2v) is 6.67. The van der Waals surface area contributed by atoms with E-state index in [1.165, 1.54) is 7.05 Å². The van der Waals surface area contributed by atoms with Gasteiger partial charge in [-0.15, -0.1) is 24.2 Å². The molecule has 5 nitrogen and oxygen atoms in total. The van der Waals surface area contributed by atoms with Crippen molar-refractivity contribution >= 4 is 23.5 Å². The van der Waals surface area contributed by atoms with Gasteiger partial charge in [0.15, 0.2) is 0 Å². The lowest BCUT2D eigenvalue weighted by Crippen LogP contribution is -2.23. The molecule has 0 aliphatic heterocycles. The summed E-state index contributed by atoms with van der Waals surface area (Å²) in [7, 11) is 1.24. The van der Waals surface area contributed by atoms with Crippen LogP contribution in [0.25, 0.3) is 10.6 Å². The Hall–Kier alpha value is -2.86. The van der Waals surface area contributed by atoms with Crippen LogP contribution in [0.5, 0.6) is 0 Å². The Labute approximate surface area is 166 Å². The van der Waals surface area contributed by atoms with E-state index in [-0.39, 0.29) is 11.6 Å². The minimum absolute atomic E-state index is 0.195. The average Bonchev–Trinajstić information content (AvgIpc) is 3.28. The molecule has 2 rings (SSSR count). The highest BCUT2D eigenvalue weighted by atomic mass is 32.1. The summed E-state index contributed by atoms with van der Waals surface area (Å²) < 4.78 is 39.4. The second-order valence-electron chi connectivity index (χ2n) is 5.59. The van der Waals surface area contributed by atoms with Gasteiger partial charge in [-0.25, -0.2) is 0 Å². The minimum atomic E-state index is -4.47. The monoisotopic (exact) mass is 410 g/mol. The van der Waals surface area contributed by atoms with Crippen molar-refractivity contribution in [3.8, 4) is 23.4 Å². The zero-order valence-corrected chi connectivity index (χ0v) is 16.6. The first-order valence-corrected chi connectivity index (χ1v) is 9.00. The molecule has 0 saturated carbocycles. The summed E-state index contributed by atoms with van der Waals surface area (Å²) >= 11 is 1.11. The topological polar surface area (TPSA) is 59.3 Å². The SMILES string of the molecule is C#C.CC=N/C=C(\C)CCNC(=O)c1ccc(-c2cc(C(F)(F)F)n(C)n2)s1. The van der Waals surface area contributed by atoms with Gasteiger partial charge in [0.2, 0.25) is 0 Å². The van der Waals surface area contributed by atoms with E-state index in [9.17, 15) is 18.0 Å². The number of alkyl halides is 3. The molecule has 0 fully saturated rings. The maximum absolute atomic E-state index is 12.9. The van der Waals surface area contributed by atoms with Gasteiger partial charge in [-0.1, -0.05) is 5.57 Å². The predicted octanol–water partition coefficient (Wildman–Crippen LogP) is 4.53. The van der Waals surface area contributed by atoms with E-state index in [4.69, 9.17) is 0 Å². The Morgan fingerprint density at radius 1 is 1.39 bits per heavy atom. The minimum Gasteiger partial charge on any atom is -0.351 e. The highest BCUT2D eigenvalue weighted by Gasteiger charge is 2.35. The molecule has 0 aliphatic rings. The molecule has 2 aromatic heterocycles. The van der Waals surface area contributed by atoms with Crippen LogP contribution in [0.3, 0.4) is 0 Å². The number of nitrogens with zero attached hydrogens (tertiary/aromatic N) is 3. The summed E-state index contributed by atoms with van der Waals surface area (Å²) in [5.74, 6) is -0.264. The van der Waals surface area contributed by atoms with Crippen LogP contribution >= 0.6 is 11.3 Å². The van der Waals surface area contributed by atoms with E-state index in [0.29, 0.717) is 22.7 Å². The quantitative estimate of drug-likeness (QED) is 0.562. The molecule has 0 bridgehead atoms. The molecule has 0 spiro atoms. The lowest BCUT2D eigenvalue weighted by Gasteiger charge is -2.04. The molecule has 0 aliphatic carbocycles. The van der Waals surface area contributed by atoms with Crippen molar-refractivity contribution in [1.82, 2.24) is 15.1 Å². The fourth-order valence-corrected chi connectivity index (χ4v) is 3.06. The average molecular weight is 410 g/mol. The molecule has 0 radical (unpaired) electrons. The third-order valence-electron chi connectivity index (χ3n) is 3.50. The molecule has 2 aromatic rings. The lowest BCUT2D eigenvalue weighted by atomic mass is 10.2. The number of hydrogen-bond donors (Lipinski definition) is 1. The van der Waals surface area contributed by atoms with E-state index in [0.717, 1.165) is 27.7 Å². The Bertz CT molecular complexity index is 875. The molecule has 0 unspecified atom stereocenters. The van der Waals surface area contributed by atoms with Crippen molar-refractivity contribution in [2.75, 3.05) is 6.54 Å². The summed E-state index contributed by atoms with van der Waals surface area (Å²) in [6.07, 6.45) is 7.60. The zero-order chi connectivity index (χ0) is 21.3. The number of carbonyl (C=O) groups excluding carboxylic acids is 1. The van der Waals surface area contributed by atoms with E-state index in [2.05, 4.69) is 28.3 Å². The Balaban J connectivity index is 0.00000190. The fraction of sp³-hybridized carbons (Fsp3) is 0.316. The third kappa shape index (κ3) is 6.39. The van der Waals surface area contributed by atoms with Gasteiger partial charge in [-0.2, -0.15) is 18.3 Å². The van der Waals surface area contributed by atoms with Gasteiger partial charge in [-0.3, -0.25) is 14.5 Å². The Kier molecular flexibility index (Phi) is 8.67. The highest BCUT2D eigenvalue weighted by Crippen LogP contribution is 2.34. The van der Waals surface area contributed by atoms with Crippen molar-refractivity contribution in [3.05, 3.63) is 40.5 Å². The van der Waals surface area contributed by atoms with Crippen LogP contribution in [0.15, 0.2) is 35.0 Å². The van der Waals surface area contributed by atoms with E-state index in [1.54, 1.807) is 24.5 Å². The van der Waals surface area contributed by atoms with Crippen molar-refractivity contribution < 1.29 is 18.0 Å². The van der Waals surface area contributed by atoms with Gasteiger partial charge in [0, 0.05) is 26.0 Å². The van der Waals surface area contributed by atoms with Crippen LogP contribution in [-0.2, 0) is 13.2 Å². The number of carbonyl (C=O) groups is 1. The van der Waals surface area contributed by atoms with Gasteiger partial charge in [0.05, 0.1) is 9.75 Å². The van der Waals surface area contributed by atoms with E-state index < -0.39 is 11.9 Å². The van der Waals surface area contributed by atoms with Crippen LogP contribution in [0.4, 0.5) is 13.2 Å². The van der Waals surface area contributed by atoms with E-state index in [1.807, 2.05) is 13.8 Å². The fourth-order valence-electron chi connectivity index (χ4n) is 2.18. The zero-order valence-electron chi connectivity index (χ0n) is 15.7. The summed E-state index contributed by atoms with van der Waals surface area (Å²) in [5, 5.41) is 6.67. The van der Waals surface area contributed by atoms with Crippen molar-refractivity contribution in [3.63, 3.8) is 0 Å². The van der Waals surface area contributed by atoms with Gasteiger partial charge >= 0.3 is 6.18 Å². The van der Waals surface area contributed by atoms with Crippen molar-refractivity contribution in [2.24, 2.45) is 12.0 Å². The van der Waals surface area contributed by atoms with Crippen molar-refractivity contribution in [2.45, 2.75) is 26.4 Å². The number of amides is 1. The number of hydrogen-bond acceptors (Lipinski definition) is 4. The molecule has 150 valence electrons. The summed E-state index contributed by atoms with van der Waals surface area (Å²) in [6, 6.07) is 4.17. The number of rotatable bonds is 6. The van der Waals surface area contributed by atoms with Gasteiger partial charge < -0.3 is 5.32 Å². The molecule has 28 heavy (non-hydrogen) atoms. The molecular weight excluding hydrogens is 389 g/mol. The molecule has 2 heterocycles. The molecule has 0 aromatic carbocycles. The number of aromatic nitrogens is 2. The normalized spacial score (nSPS) is 11.9. The standard InChI is InChI=1S/C17H19F3N4OS.C2H2/c1-4-21-10-11(2)7-8-22-16(25)14-6-5-13(26-14)12-9-15(17(18,19)20)24(3)23-12;1-2/h4-6,9-10H,7-8H2,1-3H3,(H,22,25);1-2H/b11-10+,21-4?;. The number of aliphatic imine (C=N–C) groups is 1. The number of halogens is 3. The van der Waals surface area contributed by atoms with Gasteiger partial charge in [0.1, 0.15) is 11.4 Å². The first-order valence-electron chi connectivity index (χ1n) is 8.18. The Morgan fingerprint density at radius 3 is 2.64 bits per heavy atom. The summed E-state index contributed by atoms with van der Waals surface area (Å²) in [6.45, 7) is 4.19. The molecule has 1 amide bonds. The van der Waals surface area contributed by atoms with Crippen LogP contribution in [-0.4, -0.2) is 28.4 Å². The van der Waals surface area contributed by atoms with Crippen LogP contribution in [0, 0.1) is 12.8 Å². The smallest absolute Gasteiger partial charge is 0.351 e. The molecule has 1 N–H and O–H groups in total. The highest BCUT2D eigenvalue weighted by molar-refractivity contribution is 7.17.